The quantitative estimate of drug-likeness (QED) is 0.312. The Morgan fingerprint density at radius 2 is 1.60 bits per heavy atom. The van der Waals surface area contributed by atoms with Gasteiger partial charge in [-0.15, -0.1) is 0 Å². The Morgan fingerprint density at radius 1 is 1.00 bits per heavy atom. The van der Waals surface area contributed by atoms with Crippen molar-refractivity contribution in [2.45, 2.75) is 83.8 Å². The van der Waals surface area contributed by atoms with Gasteiger partial charge in [-0.05, 0) is 63.9 Å². The average molecular weight is 526 g/mol. The van der Waals surface area contributed by atoms with Crippen LogP contribution in [0, 0.1) is 41.0 Å². The molecule has 0 aliphatic heterocycles. The molecule has 3 unspecified atom stereocenters. The third-order valence-electron chi connectivity index (χ3n) is 8.51. The monoisotopic (exact) mass is 525 g/mol. The molecule has 2 aliphatic rings. The van der Waals surface area contributed by atoms with Gasteiger partial charge >= 0.3 is 21.7 Å². The summed E-state index contributed by atoms with van der Waals surface area (Å²) < 4.78 is 0. The minimum atomic E-state index is -1.97. The van der Waals surface area contributed by atoms with E-state index in [9.17, 15) is 5.11 Å². The van der Waals surface area contributed by atoms with Crippen molar-refractivity contribution in [1.82, 2.24) is 0 Å². The van der Waals surface area contributed by atoms with E-state index >= 15 is 0 Å². The van der Waals surface area contributed by atoms with E-state index in [1.54, 1.807) is 5.56 Å². The van der Waals surface area contributed by atoms with Gasteiger partial charge in [-0.25, -0.2) is 0 Å². The first-order valence-corrected chi connectivity index (χ1v) is 14.7. The van der Waals surface area contributed by atoms with Crippen LogP contribution in [0.2, 0.25) is 17.6 Å². The van der Waals surface area contributed by atoms with Gasteiger partial charge < -0.3 is 27.4 Å². The SMILES string of the molecule is CC[Si](CC)(c1cc(C)cc(C(C)(C)C)c1O)C1C2C=Cc3ccccc3C2C[C@H]1C.[CH3-].[CH3-].[CH3-].[Ti+3]. The zero-order chi connectivity index (χ0) is 22.6. The third-order valence-corrected chi connectivity index (χ3v) is 14.7. The Bertz CT molecular complexity index is 999. The van der Waals surface area contributed by atoms with Crippen LogP contribution in [-0.4, -0.2) is 13.2 Å². The van der Waals surface area contributed by atoms with Crippen LogP contribution in [0.4, 0.5) is 0 Å². The number of aryl methyl sites for hydroxylation is 1. The number of fused-ring (bicyclic) bond motifs is 3. The van der Waals surface area contributed by atoms with Crippen molar-refractivity contribution in [2.24, 2.45) is 11.8 Å². The normalized spacial score (nSPS) is 22.5. The number of allylic oxidation sites excluding steroid dienone is 1. The van der Waals surface area contributed by atoms with Crippen LogP contribution >= 0.6 is 0 Å². The topological polar surface area (TPSA) is 20.2 Å². The second-order valence-corrected chi connectivity index (χ2v) is 16.2. The first-order chi connectivity index (χ1) is 14.6. The average Bonchev–Trinajstić information content (AvgIpc) is 3.08. The fraction of sp³-hybridized carbons (Fsp3) is 0.469. The van der Waals surface area contributed by atoms with Crippen LogP contribution in [-0.2, 0) is 27.1 Å². The van der Waals surface area contributed by atoms with Crippen LogP contribution in [0.3, 0.4) is 0 Å². The number of phenols is 1. The maximum atomic E-state index is 11.7. The number of aromatic hydroxyl groups is 1. The Balaban J connectivity index is 0.00000289. The molecule has 0 amide bonds. The second-order valence-electron chi connectivity index (χ2n) is 11.2. The molecule has 4 atom stereocenters. The molecule has 1 saturated carbocycles. The summed E-state index contributed by atoms with van der Waals surface area (Å²) in [4.78, 5) is 0. The molecule has 0 aromatic heterocycles. The summed E-state index contributed by atoms with van der Waals surface area (Å²) in [6.45, 7) is 16.2. The van der Waals surface area contributed by atoms with E-state index in [-0.39, 0.29) is 49.4 Å². The molecule has 1 fully saturated rings. The van der Waals surface area contributed by atoms with Crippen molar-refractivity contribution < 1.29 is 26.8 Å². The summed E-state index contributed by atoms with van der Waals surface area (Å²) in [5.41, 5.74) is 5.97. The predicted molar refractivity (Wildman–Crippen MR) is 156 cm³/mol. The molecule has 2 aliphatic carbocycles. The van der Waals surface area contributed by atoms with Crippen molar-refractivity contribution in [3.05, 3.63) is 87.0 Å². The van der Waals surface area contributed by atoms with Gasteiger partial charge in [-0.3, -0.25) is 0 Å². The molecule has 0 bridgehead atoms. The van der Waals surface area contributed by atoms with Crippen LogP contribution in [0.1, 0.15) is 76.1 Å². The largest absolute Gasteiger partial charge is 3.00 e. The molecule has 3 heteroatoms. The van der Waals surface area contributed by atoms with Gasteiger partial charge in [0.25, 0.3) is 0 Å². The van der Waals surface area contributed by atoms with Gasteiger partial charge in [0.15, 0.2) is 0 Å². The summed E-state index contributed by atoms with van der Waals surface area (Å²) >= 11 is 0. The van der Waals surface area contributed by atoms with E-state index in [4.69, 9.17) is 0 Å². The summed E-state index contributed by atoms with van der Waals surface area (Å²) in [7, 11) is -1.97. The van der Waals surface area contributed by atoms with Gasteiger partial charge in [0.2, 0.25) is 0 Å². The summed E-state index contributed by atoms with van der Waals surface area (Å²) in [5.74, 6) is 2.49. The van der Waals surface area contributed by atoms with E-state index in [1.165, 1.54) is 34.8 Å². The Kier molecular flexibility index (Phi) is 12.0. The minimum Gasteiger partial charge on any atom is -0.508 e. The molecule has 0 spiro atoms. The Hall–Kier alpha value is -1.09. The maximum Gasteiger partial charge on any atom is 3.00 e. The zero-order valence-electron chi connectivity index (χ0n) is 24.0. The van der Waals surface area contributed by atoms with Crippen LogP contribution in [0.25, 0.3) is 6.08 Å². The van der Waals surface area contributed by atoms with E-state index in [0.717, 1.165) is 5.56 Å². The van der Waals surface area contributed by atoms with Gasteiger partial charge in [0, 0.05) is 0 Å². The second kappa shape index (κ2) is 12.4. The number of benzene rings is 2. The minimum absolute atomic E-state index is 0. The molecule has 35 heavy (non-hydrogen) atoms. The van der Waals surface area contributed by atoms with Gasteiger partial charge in [-0.2, -0.15) is 0 Å². The molecule has 1 nitrogen and oxygen atoms in total. The summed E-state index contributed by atoms with van der Waals surface area (Å²) in [6, 6.07) is 15.9. The van der Waals surface area contributed by atoms with Gasteiger partial charge in [0.1, 0.15) is 5.75 Å². The Labute approximate surface area is 233 Å². The molecule has 1 radical (unpaired) electrons. The van der Waals surface area contributed by atoms with Crippen molar-refractivity contribution in [3.63, 3.8) is 0 Å². The van der Waals surface area contributed by atoms with E-state index in [0.29, 0.717) is 29.0 Å². The van der Waals surface area contributed by atoms with Gasteiger partial charge in [-0.1, -0.05) is 108 Å². The molecule has 191 valence electrons. The summed E-state index contributed by atoms with van der Waals surface area (Å²) in [5, 5.41) is 13.0. The molecule has 0 saturated heterocycles. The fourth-order valence-electron chi connectivity index (χ4n) is 7.06. The molecule has 4 rings (SSSR count). The Morgan fingerprint density at radius 3 is 2.17 bits per heavy atom. The zero-order valence-corrected chi connectivity index (χ0v) is 26.6. The third kappa shape index (κ3) is 5.60. The molecule has 2 aromatic carbocycles. The summed E-state index contributed by atoms with van der Waals surface area (Å²) in [6.07, 6.45) is 6.18. The predicted octanol–water partition coefficient (Wildman–Crippen LogP) is 8.88. The van der Waals surface area contributed by atoms with E-state index in [2.05, 4.69) is 97.0 Å². The van der Waals surface area contributed by atoms with Crippen LogP contribution < -0.4 is 5.19 Å². The van der Waals surface area contributed by atoms with Crippen molar-refractivity contribution in [2.75, 3.05) is 0 Å². The molecular formula is C32H49OSiTi. The number of phenolic OH excluding ortho intramolecular Hbond substituents is 1. The van der Waals surface area contributed by atoms with Gasteiger partial charge in [0.05, 0.1) is 8.07 Å². The van der Waals surface area contributed by atoms with E-state index < -0.39 is 8.07 Å². The van der Waals surface area contributed by atoms with E-state index in [1.807, 2.05) is 0 Å². The number of hydrogen-bond acceptors (Lipinski definition) is 1. The van der Waals surface area contributed by atoms with Crippen molar-refractivity contribution in [1.29, 1.82) is 0 Å². The number of rotatable bonds is 4. The molecule has 0 heterocycles. The molecule has 2 aromatic rings. The molecular weight excluding hydrogens is 476 g/mol. The number of hydrogen-bond donors (Lipinski definition) is 1. The smallest absolute Gasteiger partial charge is 0.508 e. The molecule has 1 N–H and O–H groups in total. The van der Waals surface area contributed by atoms with Crippen LogP contribution in [0.15, 0.2) is 42.5 Å². The van der Waals surface area contributed by atoms with Crippen molar-refractivity contribution in [3.8, 4) is 5.75 Å². The van der Waals surface area contributed by atoms with Crippen LogP contribution in [0.5, 0.6) is 5.75 Å². The first-order valence-electron chi connectivity index (χ1n) is 12.3. The fourth-order valence-corrected chi connectivity index (χ4v) is 13.1. The maximum absolute atomic E-state index is 11.7. The first kappa shape index (κ1) is 33.9. The standard InChI is InChI=1S/C29H40OSi.3CH3.Ti/c1-8-31(9-2,26-17-19(3)16-25(27(26)30)29(5,6)7)28-20(4)18-24-22-13-11-10-12-21(22)14-15-23(24)28;;;;/h10-17,20,23-24,28,30H,8-9,18H2,1-7H3;3*1H3;/q;3*-1;+3/t20-,23?,24?,28?;;;;/m1..../s1. The van der Waals surface area contributed by atoms with Crippen molar-refractivity contribution >= 4 is 19.3 Å².